The van der Waals surface area contributed by atoms with Crippen molar-refractivity contribution >= 4 is 11.7 Å². The highest BCUT2D eigenvalue weighted by atomic mass is 16.3. The fraction of sp³-hybridized carbons (Fsp3) is 0.0833. The van der Waals surface area contributed by atoms with Crippen molar-refractivity contribution in [3.63, 3.8) is 0 Å². The molecule has 0 radical (unpaired) electrons. The molecular weight excluding hydrogens is 218 g/mol. The van der Waals surface area contributed by atoms with Crippen molar-refractivity contribution in [2.45, 2.75) is 0 Å². The number of hydrogen-bond acceptors (Lipinski definition) is 4. The molecule has 0 spiro atoms. The molecule has 0 aliphatic heterocycles. The van der Waals surface area contributed by atoms with Crippen LogP contribution in [0.4, 0.5) is 5.82 Å². The van der Waals surface area contributed by atoms with E-state index in [1.54, 1.807) is 31.4 Å². The van der Waals surface area contributed by atoms with Gasteiger partial charge in [0.05, 0.1) is 11.8 Å². The van der Waals surface area contributed by atoms with Gasteiger partial charge in [0.15, 0.2) is 0 Å². The Morgan fingerprint density at radius 2 is 2.12 bits per heavy atom. The van der Waals surface area contributed by atoms with E-state index >= 15 is 0 Å². The first-order valence-corrected chi connectivity index (χ1v) is 5.02. The van der Waals surface area contributed by atoms with Crippen LogP contribution in [0.15, 0.2) is 42.9 Å². The summed E-state index contributed by atoms with van der Waals surface area (Å²) in [6, 6.07) is 6.75. The Hall–Kier alpha value is -2.43. The van der Waals surface area contributed by atoms with Crippen LogP contribution in [0.25, 0.3) is 0 Å². The Morgan fingerprint density at radius 1 is 1.29 bits per heavy atom. The molecule has 0 saturated carbocycles. The van der Waals surface area contributed by atoms with E-state index in [1.807, 2.05) is 0 Å². The second-order valence-electron chi connectivity index (χ2n) is 3.44. The van der Waals surface area contributed by atoms with Crippen molar-refractivity contribution < 1.29 is 9.90 Å². The SMILES string of the molecule is CN(C(=O)c1ccncc1O)c1ccccn1. The highest BCUT2D eigenvalue weighted by Crippen LogP contribution is 2.18. The van der Waals surface area contributed by atoms with Gasteiger partial charge in [0.2, 0.25) is 0 Å². The Morgan fingerprint density at radius 3 is 2.76 bits per heavy atom. The van der Waals surface area contributed by atoms with E-state index in [4.69, 9.17) is 0 Å². The zero-order valence-corrected chi connectivity index (χ0v) is 9.24. The van der Waals surface area contributed by atoms with Gasteiger partial charge in [0.25, 0.3) is 5.91 Å². The fourth-order valence-electron chi connectivity index (χ4n) is 1.40. The predicted molar refractivity (Wildman–Crippen MR) is 62.9 cm³/mol. The Labute approximate surface area is 98.4 Å². The molecule has 1 amide bonds. The predicted octanol–water partition coefficient (Wildman–Crippen LogP) is 1.46. The first-order valence-electron chi connectivity index (χ1n) is 5.02. The van der Waals surface area contributed by atoms with E-state index in [-0.39, 0.29) is 17.2 Å². The van der Waals surface area contributed by atoms with Crippen molar-refractivity contribution in [3.8, 4) is 5.75 Å². The maximum atomic E-state index is 12.1. The van der Waals surface area contributed by atoms with Crippen LogP contribution < -0.4 is 4.90 Å². The molecule has 0 unspecified atom stereocenters. The van der Waals surface area contributed by atoms with Gasteiger partial charge >= 0.3 is 0 Å². The topological polar surface area (TPSA) is 66.3 Å². The largest absolute Gasteiger partial charge is 0.505 e. The molecule has 17 heavy (non-hydrogen) atoms. The molecule has 0 aliphatic rings. The summed E-state index contributed by atoms with van der Waals surface area (Å²) in [6.07, 6.45) is 4.30. The summed E-state index contributed by atoms with van der Waals surface area (Å²) in [4.78, 5) is 21.2. The van der Waals surface area contributed by atoms with Gasteiger partial charge in [0, 0.05) is 19.4 Å². The molecule has 0 saturated heterocycles. The molecule has 86 valence electrons. The van der Waals surface area contributed by atoms with Crippen molar-refractivity contribution in [1.29, 1.82) is 0 Å². The Balaban J connectivity index is 2.30. The number of anilines is 1. The number of amides is 1. The maximum absolute atomic E-state index is 12.1. The zero-order valence-electron chi connectivity index (χ0n) is 9.24. The number of aromatic hydroxyl groups is 1. The highest BCUT2D eigenvalue weighted by molar-refractivity contribution is 6.06. The molecular formula is C12H11N3O2. The fourth-order valence-corrected chi connectivity index (χ4v) is 1.40. The molecule has 5 nitrogen and oxygen atoms in total. The minimum absolute atomic E-state index is 0.139. The van der Waals surface area contributed by atoms with Crippen molar-refractivity contribution in [3.05, 3.63) is 48.4 Å². The number of carbonyl (C=O) groups excluding carboxylic acids is 1. The lowest BCUT2D eigenvalue weighted by Gasteiger charge is -2.16. The third-order valence-corrected chi connectivity index (χ3v) is 2.33. The van der Waals surface area contributed by atoms with Crippen molar-refractivity contribution in [2.75, 3.05) is 11.9 Å². The van der Waals surface area contributed by atoms with E-state index < -0.39 is 0 Å². The summed E-state index contributed by atoms with van der Waals surface area (Å²) in [5.41, 5.74) is 0.202. The first kappa shape index (κ1) is 11.1. The number of rotatable bonds is 2. The van der Waals surface area contributed by atoms with E-state index in [0.29, 0.717) is 5.82 Å². The second kappa shape index (κ2) is 4.61. The summed E-state index contributed by atoms with van der Waals surface area (Å²) in [5.74, 6) is 0.0533. The number of nitrogens with zero attached hydrogens (tertiary/aromatic N) is 3. The second-order valence-corrected chi connectivity index (χ2v) is 3.44. The summed E-state index contributed by atoms with van der Waals surface area (Å²) >= 11 is 0. The summed E-state index contributed by atoms with van der Waals surface area (Å²) in [6.45, 7) is 0. The smallest absolute Gasteiger partial charge is 0.263 e. The van der Waals surface area contributed by atoms with Gasteiger partial charge in [-0.05, 0) is 18.2 Å². The molecule has 5 heteroatoms. The minimum atomic E-state index is -0.330. The van der Waals surface area contributed by atoms with Crippen molar-refractivity contribution in [2.24, 2.45) is 0 Å². The van der Waals surface area contributed by atoms with E-state index in [0.717, 1.165) is 0 Å². The average Bonchev–Trinajstić information content (AvgIpc) is 2.39. The van der Waals surface area contributed by atoms with Gasteiger partial charge in [-0.15, -0.1) is 0 Å². The van der Waals surface area contributed by atoms with Crippen LogP contribution in [-0.2, 0) is 0 Å². The van der Waals surface area contributed by atoms with Gasteiger partial charge in [-0.1, -0.05) is 6.07 Å². The highest BCUT2D eigenvalue weighted by Gasteiger charge is 2.17. The first-order chi connectivity index (χ1) is 8.20. The molecule has 1 N–H and O–H groups in total. The zero-order chi connectivity index (χ0) is 12.3. The van der Waals surface area contributed by atoms with Gasteiger partial charge in [-0.3, -0.25) is 14.7 Å². The van der Waals surface area contributed by atoms with E-state index in [1.165, 1.54) is 23.4 Å². The van der Waals surface area contributed by atoms with Crippen LogP contribution in [-0.4, -0.2) is 28.0 Å². The quantitative estimate of drug-likeness (QED) is 0.846. The molecule has 0 fully saturated rings. The number of carbonyl (C=O) groups is 1. The molecule has 0 atom stereocenters. The molecule has 0 aliphatic carbocycles. The maximum Gasteiger partial charge on any atom is 0.263 e. The average molecular weight is 229 g/mol. The molecule has 2 aromatic heterocycles. The lowest BCUT2D eigenvalue weighted by Crippen LogP contribution is -2.27. The Kier molecular flexibility index (Phi) is 3.00. The van der Waals surface area contributed by atoms with Gasteiger partial charge in [-0.25, -0.2) is 4.98 Å². The van der Waals surface area contributed by atoms with Crippen LogP contribution in [0, 0.1) is 0 Å². The summed E-state index contributed by atoms with van der Waals surface area (Å²) in [7, 11) is 1.60. The van der Waals surface area contributed by atoms with Crippen LogP contribution in [0.5, 0.6) is 5.75 Å². The molecule has 2 heterocycles. The normalized spacial score (nSPS) is 9.94. The number of aromatic nitrogens is 2. The third-order valence-electron chi connectivity index (χ3n) is 2.33. The van der Waals surface area contributed by atoms with Crippen LogP contribution in [0.2, 0.25) is 0 Å². The number of hydrogen-bond donors (Lipinski definition) is 1. The van der Waals surface area contributed by atoms with Crippen LogP contribution in [0.1, 0.15) is 10.4 Å². The van der Waals surface area contributed by atoms with Crippen molar-refractivity contribution in [1.82, 2.24) is 9.97 Å². The minimum Gasteiger partial charge on any atom is -0.505 e. The molecule has 2 aromatic rings. The van der Waals surface area contributed by atoms with Crippen LogP contribution >= 0.6 is 0 Å². The molecule has 0 bridgehead atoms. The van der Waals surface area contributed by atoms with E-state index in [9.17, 15) is 9.90 Å². The van der Waals surface area contributed by atoms with E-state index in [2.05, 4.69) is 9.97 Å². The standard InChI is InChI=1S/C12H11N3O2/c1-15(11-4-2-3-6-14-11)12(17)9-5-7-13-8-10(9)16/h2-8,16H,1H3. The summed E-state index contributed by atoms with van der Waals surface area (Å²) in [5, 5.41) is 9.55. The lowest BCUT2D eigenvalue weighted by atomic mass is 10.2. The molecule has 2 rings (SSSR count). The summed E-state index contributed by atoms with van der Waals surface area (Å²) < 4.78 is 0. The monoisotopic (exact) mass is 229 g/mol. The van der Waals surface area contributed by atoms with Gasteiger partial charge < -0.3 is 5.11 Å². The van der Waals surface area contributed by atoms with Crippen LogP contribution in [0.3, 0.4) is 0 Å². The van der Waals surface area contributed by atoms with Gasteiger partial charge in [0.1, 0.15) is 11.6 Å². The third kappa shape index (κ3) is 2.23. The number of pyridine rings is 2. The van der Waals surface area contributed by atoms with Gasteiger partial charge in [-0.2, -0.15) is 0 Å². The lowest BCUT2D eigenvalue weighted by molar-refractivity contribution is 0.0989. The Bertz CT molecular complexity index is 528. The molecule has 0 aromatic carbocycles.